The number of rotatable bonds is 8. The number of hydrogen-bond donors (Lipinski definition) is 2. The molecule has 1 aliphatic rings. The Balaban J connectivity index is 2.63. The van der Waals surface area contributed by atoms with Crippen molar-refractivity contribution in [2.45, 2.75) is 52.6 Å². The lowest BCUT2D eigenvalue weighted by Crippen LogP contribution is -2.43. The number of ether oxygens (including phenoxy) is 1. The van der Waals surface area contributed by atoms with Crippen LogP contribution in [0.3, 0.4) is 0 Å². The average molecular weight is 341 g/mol. The van der Waals surface area contributed by atoms with Crippen LogP contribution in [0.25, 0.3) is 0 Å². The van der Waals surface area contributed by atoms with Crippen LogP contribution >= 0.6 is 0 Å². The molecule has 0 aromatic heterocycles. The van der Waals surface area contributed by atoms with Gasteiger partial charge in [0.15, 0.2) is 0 Å². The van der Waals surface area contributed by atoms with E-state index in [0.717, 1.165) is 0 Å². The minimum absolute atomic E-state index is 0.0339. The van der Waals surface area contributed by atoms with E-state index < -0.39 is 35.1 Å². The van der Waals surface area contributed by atoms with E-state index in [9.17, 15) is 24.3 Å². The molecular formula is C17H27NO6. The van der Waals surface area contributed by atoms with Crippen LogP contribution in [0.2, 0.25) is 0 Å². The number of piperidine rings is 1. The maximum Gasteiger partial charge on any atom is 0.306 e. The van der Waals surface area contributed by atoms with Gasteiger partial charge in [-0.3, -0.25) is 19.2 Å². The van der Waals surface area contributed by atoms with Crippen molar-refractivity contribution in [3.63, 3.8) is 0 Å². The summed E-state index contributed by atoms with van der Waals surface area (Å²) < 4.78 is 4.99. The molecule has 2 unspecified atom stereocenters. The zero-order valence-electron chi connectivity index (χ0n) is 14.8. The van der Waals surface area contributed by atoms with Crippen LogP contribution in [-0.2, 0) is 23.9 Å². The van der Waals surface area contributed by atoms with E-state index in [1.165, 1.54) is 13.8 Å². The molecule has 7 nitrogen and oxygen atoms in total. The topological polar surface area (TPSA) is 110 Å². The van der Waals surface area contributed by atoms with Crippen LogP contribution in [0.1, 0.15) is 47.0 Å². The van der Waals surface area contributed by atoms with Gasteiger partial charge in [0.05, 0.1) is 12.0 Å². The van der Waals surface area contributed by atoms with Gasteiger partial charge in [-0.15, -0.1) is 0 Å². The second-order valence-electron chi connectivity index (χ2n) is 7.30. The summed E-state index contributed by atoms with van der Waals surface area (Å²) in [5, 5.41) is 12.0. The number of amides is 1. The fourth-order valence-corrected chi connectivity index (χ4v) is 2.57. The van der Waals surface area contributed by atoms with Crippen LogP contribution in [-0.4, -0.2) is 47.3 Å². The third-order valence-corrected chi connectivity index (χ3v) is 4.01. The van der Waals surface area contributed by atoms with Gasteiger partial charge < -0.3 is 15.2 Å². The number of aliphatic hydroxyl groups is 1. The van der Waals surface area contributed by atoms with E-state index in [2.05, 4.69) is 5.32 Å². The molecule has 1 heterocycles. The normalized spacial score (nSPS) is 19.8. The van der Waals surface area contributed by atoms with E-state index in [4.69, 9.17) is 4.74 Å². The highest BCUT2D eigenvalue weighted by atomic mass is 16.5. The van der Waals surface area contributed by atoms with Crippen LogP contribution < -0.4 is 5.32 Å². The Hall–Kier alpha value is -1.76. The molecule has 1 rings (SSSR count). The summed E-state index contributed by atoms with van der Waals surface area (Å²) >= 11 is 0. The minimum atomic E-state index is -1.13. The van der Waals surface area contributed by atoms with Crippen molar-refractivity contribution in [2.24, 2.45) is 17.8 Å². The average Bonchev–Trinajstić information content (AvgIpc) is 2.46. The molecule has 0 aromatic rings. The van der Waals surface area contributed by atoms with E-state index in [0.29, 0.717) is 13.0 Å². The molecule has 24 heavy (non-hydrogen) atoms. The molecule has 1 amide bonds. The summed E-state index contributed by atoms with van der Waals surface area (Å²) in [6.07, 6.45) is 0.303. The summed E-state index contributed by atoms with van der Waals surface area (Å²) in [7, 11) is 0. The predicted octanol–water partition coefficient (Wildman–Crippen LogP) is 0.627. The fourth-order valence-electron chi connectivity index (χ4n) is 2.57. The maximum atomic E-state index is 12.5. The third-order valence-electron chi connectivity index (χ3n) is 4.01. The van der Waals surface area contributed by atoms with Crippen LogP contribution in [0.5, 0.6) is 0 Å². The quantitative estimate of drug-likeness (QED) is 0.495. The van der Waals surface area contributed by atoms with Gasteiger partial charge >= 0.3 is 5.97 Å². The Morgan fingerprint density at radius 1 is 1.33 bits per heavy atom. The van der Waals surface area contributed by atoms with E-state index in [-0.39, 0.29) is 31.1 Å². The Bertz CT molecular complexity index is 506. The van der Waals surface area contributed by atoms with Gasteiger partial charge in [-0.1, -0.05) is 13.8 Å². The Morgan fingerprint density at radius 2 is 1.96 bits per heavy atom. The van der Waals surface area contributed by atoms with Gasteiger partial charge in [0.2, 0.25) is 5.78 Å². The molecule has 0 radical (unpaired) electrons. The van der Waals surface area contributed by atoms with Crippen molar-refractivity contribution in [1.82, 2.24) is 5.32 Å². The Kier molecular flexibility index (Phi) is 7.08. The highest BCUT2D eigenvalue weighted by Crippen LogP contribution is 2.24. The maximum absolute atomic E-state index is 12.5. The SMILES string of the molecule is CC(C)C(CC(=O)OCC(C)(C)O)C(=O)CC1CCNC(=O)C1=O. The van der Waals surface area contributed by atoms with E-state index in [1.54, 1.807) is 0 Å². The number of Topliss-reactive ketones (excluding diaryl/α,β-unsaturated/α-hetero) is 2. The first-order chi connectivity index (χ1) is 11.0. The molecule has 1 aliphatic heterocycles. The van der Waals surface area contributed by atoms with Gasteiger partial charge in [0, 0.05) is 24.8 Å². The summed E-state index contributed by atoms with van der Waals surface area (Å²) in [5.41, 5.74) is -1.13. The van der Waals surface area contributed by atoms with Crippen molar-refractivity contribution in [3.8, 4) is 0 Å². The number of carbonyl (C=O) groups excluding carboxylic acids is 4. The molecule has 1 fully saturated rings. The molecular weight excluding hydrogens is 314 g/mol. The van der Waals surface area contributed by atoms with Crippen LogP contribution in [0, 0.1) is 17.8 Å². The third kappa shape index (κ3) is 6.39. The molecule has 0 aromatic carbocycles. The van der Waals surface area contributed by atoms with Crippen molar-refractivity contribution in [1.29, 1.82) is 0 Å². The molecule has 2 atom stereocenters. The fraction of sp³-hybridized carbons (Fsp3) is 0.765. The van der Waals surface area contributed by atoms with Gasteiger partial charge in [-0.25, -0.2) is 0 Å². The lowest BCUT2D eigenvalue weighted by atomic mass is 9.81. The lowest BCUT2D eigenvalue weighted by molar-refractivity contribution is -0.153. The number of carbonyl (C=O) groups is 4. The first-order valence-electron chi connectivity index (χ1n) is 8.24. The van der Waals surface area contributed by atoms with Crippen LogP contribution in [0.4, 0.5) is 0 Å². The number of hydrogen-bond acceptors (Lipinski definition) is 6. The summed E-state index contributed by atoms with van der Waals surface area (Å²) in [5.74, 6) is -3.27. The first kappa shape index (κ1) is 20.3. The first-order valence-corrected chi connectivity index (χ1v) is 8.24. The zero-order chi connectivity index (χ0) is 18.5. The highest BCUT2D eigenvalue weighted by molar-refractivity contribution is 6.37. The lowest BCUT2D eigenvalue weighted by Gasteiger charge is -2.24. The molecule has 2 N–H and O–H groups in total. The molecule has 1 saturated heterocycles. The van der Waals surface area contributed by atoms with E-state index >= 15 is 0 Å². The Morgan fingerprint density at radius 3 is 2.50 bits per heavy atom. The van der Waals surface area contributed by atoms with Gasteiger partial charge in [0.25, 0.3) is 5.91 Å². The van der Waals surface area contributed by atoms with Gasteiger partial charge in [0.1, 0.15) is 12.4 Å². The Labute approximate surface area is 142 Å². The minimum Gasteiger partial charge on any atom is -0.463 e. The molecule has 136 valence electrons. The summed E-state index contributed by atoms with van der Waals surface area (Å²) in [6, 6.07) is 0. The van der Waals surface area contributed by atoms with E-state index in [1.807, 2.05) is 13.8 Å². The highest BCUT2D eigenvalue weighted by Gasteiger charge is 2.34. The summed E-state index contributed by atoms with van der Waals surface area (Å²) in [4.78, 5) is 47.6. The summed E-state index contributed by atoms with van der Waals surface area (Å²) in [6.45, 7) is 6.91. The molecule has 0 saturated carbocycles. The van der Waals surface area contributed by atoms with Crippen molar-refractivity contribution in [2.75, 3.05) is 13.2 Å². The second kappa shape index (κ2) is 8.37. The van der Waals surface area contributed by atoms with Crippen LogP contribution in [0.15, 0.2) is 0 Å². The van der Waals surface area contributed by atoms with Gasteiger partial charge in [-0.05, 0) is 26.2 Å². The molecule has 0 spiro atoms. The number of nitrogens with one attached hydrogen (secondary N) is 1. The predicted molar refractivity (Wildman–Crippen MR) is 85.9 cm³/mol. The number of ketones is 2. The largest absolute Gasteiger partial charge is 0.463 e. The monoisotopic (exact) mass is 341 g/mol. The standard InChI is InChI=1S/C17H27NO6/c1-10(2)12(8-14(20)24-9-17(3,4)23)13(19)7-11-5-6-18-16(22)15(11)21/h10-12,23H,5-9H2,1-4H3,(H,18,22). The molecule has 0 aliphatic carbocycles. The molecule has 7 heteroatoms. The van der Waals surface area contributed by atoms with Crippen molar-refractivity contribution < 1.29 is 29.0 Å². The van der Waals surface area contributed by atoms with Gasteiger partial charge in [-0.2, -0.15) is 0 Å². The van der Waals surface area contributed by atoms with Crippen molar-refractivity contribution >= 4 is 23.4 Å². The smallest absolute Gasteiger partial charge is 0.306 e. The zero-order valence-corrected chi connectivity index (χ0v) is 14.8. The van der Waals surface area contributed by atoms with Crippen molar-refractivity contribution in [3.05, 3.63) is 0 Å². The number of esters is 1. The second-order valence-corrected chi connectivity index (χ2v) is 7.30. The molecule has 0 bridgehead atoms.